The Balaban J connectivity index is 1.83. The van der Waals surface area contributed by atoms with E-state index in [1.54, 1.807) is 14.0 Å². The van der Waals surface area contributed by atoms with Crippen molar-refractivity contribution in [1.29, 1.82) is 0 Å². The van der Waals surface area contributed by atoms with E-state index < -0.39 is 5.25 Å². The molecule has 24 heavy (non-hydrogen) atoms. The first-order valence-electron chi connectivity index (χ1n) is 7.82. The van der Waals surface area contributed by atoms with Gasteiger partial charge in [-0.15, -0.1) is 0 Å². The smallest absolute Gasteiger partial charge is 0.324 e. The van der Waals surface area contributed by atoms with Crippen molar-refractivity contribution in [3.63, 3.8) is 0 Å². The number of hydrogen-bond donors (Lipinski definition) is 1. The maximum Gasteiger partial charge on any atom is 0.324 e. The van der Waals surface area contributed by atoms with Gasteiger partial charge < -0.3 is 14.6 Å². The fourth-order valence-electron chi connectivity index (χ4n) is 2.65. The molecule has 128 valence electrons. The van der Waals surface area contributed by atoms with Gasteiger partial charge in [0.2, 0.25) is 5.91 Å². The summed E-state index contributed by atoms with van der Waals surface area (Å²) >= 11 is 1.37. The van der Waals surface area contributed by atoms with E-state index in [4.69, 9.17) is 4.74 Å². The van der Waals surface area contributed by atoms with Crippen molar-refractivity contribution >= 4 is 34.7 Å². The lowest BCUT2D eigenvalue weighted by atomic mass is 10.3. The van der Waals surface area contributed by atoms with Crippen LogP contribution in [0.15, 0.2) is 29.4 Å². The quantitative estimate of drug-likeness (QED) is 0.805. The molecule has 3 amide bonds. The van der Waals surface area contributed by atoms with E-state index in [2.05, 4.69) is 14.9 Å². The van der Waals surface area contributed by atoms with E-state index >= 15 is 0 Å². The molecule has 1 fully saturated rings. The number of benzene rings is 1. The average Bonchev–Trinajstić information content (AvgIpc) is 3.15. The molecule has 2 heterocycles. The number of carbonyl (C=O) groups excluding carboxylic acids is 2. The van der Waals surface area contributed by atoms with Crippen LogP contribution in [-0.4, -0.2) is 58.4 Å². The molecule has 3 rings (SSSR count). The van der Waals surface area contributed by atoms with Gasteiger partial charge in [0.05, 0.1) is 22.9 Å². The van der Waals surface area contributed by atoms with E-state index in [0.717, 1.165) is 16.2 Å². The number of ether oxygens (including phenoxy) is 1. The standard InChI is InChI=1S/C16H20N4O3S/c1-11(14(21)20-8-7-17-15(20)22)24-16-18-12-5-3-4-6-13(12)19(16)9-10-23-2/h3-6,11H,7-10H2,1-2H3,(H,17,22)/t11-/m1/s1. The second-order valence-electron chi connectivity index (χ2n) is 5.51. The third-order valence-corrected chi connectivity index (χ3v) is 4.97. The fourth-order valence-corrected chi connectivity index (χ4v) is 3.66. The molecule has 0 spiro atoms. The number of amides is 3. The van der Waals surface area contributed by atoms with E-state index in [0.29, 0.717) is 26.2 Å². The van der Waals surface area contributed by atoms with Crippen LogP contribution in [0.1, 0.15) is 6.92 Å². The third kappa shape index (κ3) is 3.25. The Morgan fingerprint density at radius 1 is 1.46 bits per heavy atom. The number of nitrogens with zero attached hydrogens (tertiary/aromatic N) is 3. The Hall–Kier alpha value is -2.06. The number of methoxy groups -OCH3 is 1. The lowest BCUT2D eigenvalue weighted by molar-refractivity contribution is -0.126. The SMILES string of the molecule is COCCn1c(S[C@H](C)C(=O)N2CCNC2=O)nc2ccccc21. The topological polar surface area (TPSA) is 76.5 Å². The Bertz CT molecular complexity index is 761. The number of carbonyl (C=O) groups is 2. The predicted octanol–water partition coefficient (Wildman–Crippen LogP) is 1.72. The van der Waals surface area contributed by atoms with Crippen LogP contribution in [0.4, 0.5) is 4.79 Å². The molecule has 0 aliphatic carbocycles. The maximum atomic E-state index is 12.5. The van der Waals surface area contributed by atoms with Crippen molar-refractivity contribution in [2.75, 3.05) is 26.8 Å². The lowest BCUT2D eigenvalue weighted by Crippen LogP contribution is -2.39. The first-order chi connectivity index (χ1) is 11.6. The first kappa shape index (κ1) is 16.8. The number of para-hydroxylation sites is 2. The van der Waals surface area contributed by atoms with Crippen molar-refractivity contribution in [3.05, 3.63) is 24.3 Å². The largest absolute Gasteiger partial charge is 0.383 e. The molecule has 1 aliphatic rings. The Labute approximate surface area is 144 Å². The van der Waals surface area contributed by atoms with Crippen LogP contribution in [0.2, 0.25) is 0 Å². The highest BCUT2D eigenvalue weighted by Crippen LogP contribution is 2.28. The summed E-state index contributed by atoms with van der Waals surface area (Å²) < 4.78 is 7.23. The second kappa shape index (κ2) is 7.23. The fraction of sp³-hybridized carbons (Fsp3) is 0.438. The first-order valence-corrected chi connectivity index (χ1v) is 8.70. The second-order valence-corrected chi connectivity index (χ2v) is 6.82. The molecule has 1 N–H and O–H groups in total. The number of imidazole rings is 1. The Morgan fingerprint density at radius 2 is 2.25 bits per heavy atom. The number of aromatic nitrogens is 2. The molecule has 1 aromatic heterocycles. The van der Waals surface area contributed by atoms with Crippen molar-refractivity contribution in [2.45, 2.75) is 23.9 Å². The van der Waals surface area contributed by atoms with Gasteiger partial charge in [-0.3, -0.25) is 9.69 Å². The van der Waals surface area contributed by atoms with E-state index in [9.17, 15) is 9.59 Å². The Kier molecular flexibility index (Phi) is 5.06. The molecule has 7 nitrogen and oxygen atoms in total. The molecular formula is C16H20N4O3S. The summed E-state index contributed by atoms with van der Waals surface area (Å²) in [5.74, 6) is -0.194. The lowest BCUT2D eigenvalue weighted by Gasteiger charge is -2.17. The average molecular weight is 348 g/mol. The molecule has 1 aliphatic heterocycles. The van der Waals surface area contributed by atoms with Crippen LogP contribution < -0.4 is 5.32 Å². The minimum atomic E-state index is -0.396. The minimum Gasteiger partial charge on any atom is -0.383 e. The van der Waals surface area contributed by atoms with E-state index in [1.807, 2.05) is 24.3 Å². The number of fused-ring (bicyclic) bond motifs is 1. The summed E-state index contributed by atoms with van der Waals surface area (Å²) in [5, 5.41) is 3.01. The van der Waals surface area contributed by atoms with Crippen molar-refractivity contribution in [3.8, 4) is 0 Å². The normalized spacial score (nSPS) is 15.8. The van der Waals surface area contributed by atoms with Gasteiger partial charge in [-0.2, -0.15) is 0 Å². The number of hydrogen-bond acceptors (Lipinski definition) is 5. The highest BCUT2D eigenvalue weighted by atomic mass is 32.2. The van der Waals surface area contributed by atoms with Gasteiger partial charge in [0.1, 0.15) is 0 Å². The van der Waals surface area contributed by atoms with Crippen LogP contribution in [0.5, 0.6) is 0 Å². The molecule has 1 saturated heterocycles. The molecule has 8 heteroatoms. The number of thioether (sulfide) groups is 1. The predicted molar refractivity (Wildman–Crippen MR) is 92.0 cm³/mol. The molecule has 0 saturated carbocycles. The summed E-state index contributed by atoms with van der Waals surface area (Å²) in [5.41, 5.74) is 1.89. The number of nitrogens with one attached hydrogen (secondary N) is 1. The van der Waals surface area contributed by atoms with Gasteiger partial charge in [-0.1, -0.05) is 23.9 Å². The van der Waals surface area contributed by atoms with Crippen molar-refractivity contribution in [2.24, 2.45) is 0 Å². The van der Waals surface area contributed by atoms with E-state index in [1.165, 1.54) is 16.7 Å². The monoisotopic (exact) mass is 348 g/mol. The molecule has 1 aromatic carbocycles. The van der Waals surface area contributed by atoms with Gasteiger partial charge in [-0.05, 0) is 19.1 Å². The maximum absolute atomic E-state index is 12.5. The van der Waals surface area contributed by atoms with Crippen LogP contribution in [0.3, 0.4) is 0 Å². The van der Waals surface area contributed by atoms with Gasteiger partial charge in [0.15, 0.2) is 5.16 Å². The zero-order valence-electron chi connectivity index (χ0n) is 13.7. The minimum absolute atomic E-state index is 0.194. The highest BCUT2D eigenvalue weighted by Gasteiger charge is 2.31. The highest BCUT2D eigenvalue weighted by molar-refractivity contribution is 8.00. The van der Waals surface area contributed by atoms with Crippen molar-refractivity contribution < 1.29 is 14.3 Å². The molecule has 0 unspecified atom stereocenters. The van der Waals surface area contributed by atoms with Crippen LogP contribution in [0, 0.1) is 0 Å². The van der Waals surface area contributed by atoms with Gasteiger partial charge in [-0.25, -0.2) is 9.78 Å². The molecule has 0 radical (unpaired) electrons. The van der Waals surface area contributed by atoms with Crippen LogP contribution >= 0.6 is 11.8 Å². The zero-order chi connectivity index (χ0) is 17.1. The molecule has 1 atom stereocenters. The van der Waals surface area contributed by atoms with Crippen LogP contribution in [-0.2, 0) is 16.1 Å². The van der Waals surface area contributed by atoms with Crippen LogP contribution in [0.25, 0.3) is 11.0 Å². The van der Waals surface area contributed by atoms with Gasteiger partial charge >= 0.3 is 6.03 Å². The number of urea groups is 1. The molecular weight excluding hydrogens is 328 g/mol. The number of imide groups is 1. The summed E-state index contributed by atoms with van der Waals surface area (Å²) in [6, 6.07) is 7.53. The summed E-state index contributed by atoms with van der Waals surface area (Å²) in [6.07, 6.45) is 0. The summed E-state index contributed by atoms with van der Waals surface area (Å²) in [6.45, 7) is 3.95. The Morgan fingerprint density at radius 3 is 2.96 bits per heavy atom. The van der Waals surface area contributed by atoms with Gasteiger partial charge in [0, 0.05) is 26.7 Å². The zero-order valence-corrected chi connectivity index (χ0v) is 14.5. The van der Waals surface area contributed by atoms with Crippen molar-refractivity contribution in [1.82, 2.24) is 19.8 Å². The van der Waals surface area contributed by atoms with Gasteiger partial charge in [0.25, 0.3) is 0 Å². The van der Waals surface area contributed by atoms with E-state index in [-0.39, 0.29) is 11.9 Å². The third-order valence-electron chi connectivity index (χ3n) is 3.89. The summed E-state index contributed by atoms with van der Waals surface area (Å²) in [4.78, 5) is 30.0. The molecule has 2 aromatic rings. The summed E-state index contributed by atoms with van der Waals surface area (Å²) in [7, 11) is 1.66. The number of rotatable bonds is 6. The molecule has 0 bridgehead atoms.